The molecule has 2 saturated heterocycles. The molecule has 1 aromatic heterocycles. The zero-order valence-corrected chi connectivity index (χ0v) is 17.9. The number of H-pyrrole nitrogens is 1. The Morgan fingerprint density at radius 3 is 2.67 bits per heavy atom. The molecule has 2 aromatic rings. The SMILES string of the molecule is COc1ccc([C@@H]2CCC[NH+]2CC(=O)N2CCN(c3cccc[nH+]3)CC2)c(OC)c1. The highest BCUT2D eigenvalue weighted by atomic mass is 16.5. The summed E-state index contributed by atoms with van der Waals surface area (Å²) in [5, 5.41) is 0. The zero-order chi connectivity index (χ0) is 20.9. The maximum absolute atomic E-state index is 13.1. The molecule has 0 aliphatic carbocycles. The number of carbonyl (C=O) groups is 1. The molecule has 0 saturated carbocycles. The van der Waals surface area contributed by atoms with Crippen molar-refractivity contribution in [3.05, 3.63) is 48.2 Å². The minimum atomic E-state index is 0.251. The number of hydrogen-bond donors (Lipinski definition) is 1. The Labute approximate surface area is 178 Å². The largest absolute Gasteiger partial charge is 0.497 e. The van der Waals surface area contributed by atoms with Gasteiger partial charge >= 0.3 is 0 Å². The number of pyridine rings is 1. The van der Waals surface area contributed by atoms with Gasteiger partial charge in [-0.15, -0.1) is 0 Å². The second-order valence-electron chi connectivity index (χ2n) is 8.00. The van der Waals surface area contributed by atoms with Crippen molar-refractivity contribution in [3.63, 3.8) is 0 Å². The topological polar surface area (TPSA) is 60.6 Å². The zero-order valence-electron chi connectivity index (χ0n) is 17.9. The lowest BCUT2D eigenvalue weighted by Crippen LogP contribution is -3.11. The standard InChI is InChI=1S/C23H30N4O3/c1-29-18-8-9-19(21(16-18)30-2)20-6-5-11-27(20)17-23(28)26-14-12-25(13-15-26)22-7-3-4-10-24-22/h3-4,7-10,16,20H,5-6,11-15,17H2,1-2H3/p+2/t20-/m0/s1. The van der Waals surface area contributed by atoms with Gasteiger partial charge in [-0.3, -0.25) is 9.69 Å². The number of aromatic amines is 1. The smallest absolute Gasteiger partial charge is 0.278 e. The van der Waals surface area contributed by atoms with Crippen LogP contribution >= 0.6 is 0 Å². The summed E-state index contributed by atoms with van der Waals surface area (Å²) in [5.41, 5.74) is 1.17. The van der Waals surface area contributed by atoms with Crippen LogP contribution in [0.3, 0.4) is 0 Å². The minimum absolute atomic E-state index is 0.251. The molecule has 0 radical (unpaired) electrons. The summed E-state index contributed by atoms with van der Waals surface area (Å²) in [7, 11) is 3.36. The average Bonchev–Trinajstić information content (AvgIpc) is 3.27. The predicted molar refractivity (Wildman–Crippen MR) is 114 cm³/mol. The van der Waals surface area contributed by atoms with E-state index in [1.165, 1.54) is 10.5 Å². The lowest BCUT2D eigenvalue weighted by molar-refractivity contribution is -0.910. The third-order valence-corrected chi connectivity index (χ3v) is 6.34. The number of nitrogens with zero attached hydrogens (tertiary/aromatic N) is 2. The molecule has 0 spiro atoms. The Morgan fingerprint density at radius 1 is 1.13 bits per heavy atom. The molecule has 160 valence electrons. The molecular formula is C23H32N4O3+2. The van der Waals surface area contributed by atoms with Crippen LogP contribution in [0.2, 0.25) is 0 Å². The third kappa shape index (κ3) is 4.36. The summed E-state index contributed by atoms with van der Waals surface area (Å²) < 4.78 is 11.0. The van der Waals surface area contributed by atoms with Crippen LogP contribution < -0.4 is 24.3 Å². The maximum Gasteiger partial charge on any atom is 0.278 e. The number of methoxy groups -OCH3 is 2. The van der Waals surface area contributed by atoms with Gasteiger partial charge in [-0.2, -0.15) is 0 Å². The first-order valence-corrected chi connectivity index (χ1v) is 10.8. The van der Waals surface area contributed by atoms with E-state index >= 15 is 0 Å². The molecule has 0 bridgehead atoms. The number of hydrogen-bond acceptors (Lipinski definition) is 4. The second-order valence-corrected chi connectivity index (χ2v) is 8.00. The van der Waals surface area contributed by atoms with E-state index < -0.39 is 0 Å². The molecule has 3 heterocycles. The Bertz CT molecular complexity index is 853. The maximum atomic E-state index is 13.1. The number of nitrogens with one attached hydrogen (secondary N) is 2. The number of aromatic nitrogens is 1. The summed E-state index contributed by atoms with van der Waals surface area (Å²) in [6, 6.07) is 12.4. The van der Waals surface area contributed by atoms with E-state index in [1.54, 1.807) is 14.2 Å². The summed E-state index contributed by atoms with van der Waals surface area (Å²) in [6.45, 7) is 4.81. The van der Waals surface area contributed by atoms with Gasteiger partial charge in [0.15, 0.2) is 6.54 Å². The van der Waals surface area contributed by atoms with Gasteiger partial charge in [0.25, 0.3) is 11.7 Å². The average molecular weight is 413 g/mol. The fourth-order valence-corrected chi connectivity index (χ4v) is 4.69. The minimum Gasteiger partial charge on any atom is -0.497 e. The normalized spacial score (nSPS) is 21.5. The molecule has 1 unspecified atom stereocenters. The third-order valence-electron chi connectivity index (χ3n) is 6.34. The molecule has 2 N–H and O–H groups in total. The Kier molecular flexibility index (Phi) is 6.38. The molecular weight excluding hydrogens is 380 g/mol. The van der Waals surface area contributed by atoms with E-state index in [-0.39, 0.29) is 11.9 Å². The first-order chi connectivity index (χ1) is 14.7. The van der Waals surface area contributed by atoms with E-state index in [0.717, 1.165) is 62.9 Å². The van der Waals surface area contributed by atoms with Crippen molar-refractivity contribution < 1.29 is 24.2 Å². The van der Waals surface area contributed by atoms with Gasteiger partial charge < -0.3 is 19.3 Å². The van der Waals surface area contributed by atoms with Gasteiger partial charge in [-0.25, -0.2) is 4.98 Å². The second kappa shape index (κ2) is 9.34. The lowest BCUT2D eigenvalue weighted by atomic mass is 10.0. The monoisotopic (exact) mass is 412 g/mol. The van der Waals surface area contributed by atoms with Crippen LogP contribution in [-0.2, 0) is 4.79 Å². The van der Waals surface area contributed by atoms with Gasteiger partial charge in [0.05, 0.1) is 45.6 Å². The number of ether oxygens (including phenoxy) is 2. The molecule has 7 nitrogen and oxygen atoms in total. The molecule has 1 amide bonds. The number of quaternary nitrogens is 1. The van der Waals surface area contributed by atoms with Crippen molar-refractivity contribution in [2.75, 3.05) is 58.4 Å². The number of anilines is 1. The van der Waals surface area contributed by atoms with Crippen molar-refractivity contribution in [1.82, 2.24) is 4.90 Å². The van der Waals surface area contributed by atoms with Gasteiger partial charge in [-0.1, -0.05) is 6.07 Å². The number of carbonyl (C=O) groups excluding carboxylic acids is 1. The summed E-state index contributed by atoms with van der Waals surface area (Å²) in [5.74, 6) is 3.00. The van der Waals surface area contributed by atoms with Crippen LogP contribution in [0.1, 0.15) is 24.4 Å². The van der Waals surface area contributed by atoms with Gasteiger partial charge in [-0.05, 0) is 18.2 Å². The van der Waals surface area contributed by atoms with Crippen molar-refractivity contribution >= 4 is 11.7 Å². The molecule has 2 fully saturated rings. The van der Waals surface area contributed by atoms with Crippen molar-refractivity contribution in [2.24, 2.45) is 0 Å². The summed E-state index contributed by atoms with van der Waals surface area (Å²) in [4.78, 5) is 22.0. The lowest BCUT2D eigenvalue weighted by Gasteiger charge is -2.32. The molecule has 2 atom stereocenters. The number of rotatable bonds is 6. The fourth-order valence-electron chi connectivity index (χ4n) is 4.69. The van der Waals surface area contributed by atoms with Crippen LogP contribution in [0.5, 0.6) is 11.5 Å². The number of benzene rings is 1. The number of amides is 1. The highest BCUT2D eigenvalue weighted by Crippen LogP contribution is 2.31. The van der Waals surface area contributed by atoms with Crippen molar-refractivity contribution in [2.45, 2.75) is 18.9 Å². The van der Waals surface area contributed by atoms with Crippen molar-refractivity contribution in [1.29, 1.82) is 0 Å². The Balaban J connectivity index is 1.37. The van der Waals surface area contributed by atoms with Crippen molar-refractivity contribution in [3.8, 4) is 11.5 Å². The Hall–Kier alpha value is -2.80. The van der Waals surface area contributed by atoms with Gasteiger partial charge in [0, 0.05) is 25.0 Å². The highest BCUT2D eigenvalue weighted by Gasteiger charge is 2.36. The first kappa shape index (κ1) is 20.5. The van der Waals surface area contributed by atoms with E-state index in [1.807, 2.05) is 35.4 Å². The highest BCUT2D eigenvalue weighted by molar-refractivity contribution is 5.77. The number of likely N-dealkylation sites (tertiary alicyclic amines) is 1. The molecule has 4 rings (SSSR count). The van der Waals surface area contributed by atoms with Crippen LogP contribution in [-0.4, -0.2) is 64.3 Å². The Morgan fingerprint density at radius 2 is 1.97 bits per heavy atom. The van der Waals surface area contributed by atoms with E-state index in [2.05, 4.69) is 22.0 Å². The predicted octanol–water partition coefficient (Wildman–Crippen LogP) is 0.587. The van der Waals surface area contributed by atoms with Crippen LogP contribution in [0.15, 0.2) is 42.6 Å². The molecule has 7 heteroatoms. The molecule has 1 aromatic carbocycles. The van der Waals surface area contributed by atoms with Crippen LogP contribution in [0.25, 0.3) is 0 Å². The molecule has 2 aliphatic rings. The van der Waals surface area contributed by atoms with Crippen LogP contribution in [0, 0.1) is 0 Å². The fraction of sp³-hybridized carbons (Fsp3) is 0.478. The first-order valence-electron chi connectivity index (χ1n) is 10.8. The summed E-state index contributed by atoms with van der Waals surface area (Å²) in [6.07, 6.45) is 4.14. The van der Waals surface area contributed by atoms with Gasteiger partial charge in [0.1, 0.15) is 30.6 Å². The number of piperazine rings is 1. The van der Waals surface area contributed by atoms with E-state index in [4.69, 9.17) is 9.47 Å². The van der Waals surface area contributed by atoms with E-state index in [0.29, 0.717) is 6.54 Å². The van der Waals surface area contributed by atoms with E-state index in [9.17, 15) is 4.79 Å². The van der Waals surface area contributed by atoms with Gasteiger partial charge in [0.2, 0.25) is 0 Å². The molecule has 30 heavy (non-hydrogen) atoms. The molecule has 2 aliphatic heterocycles. The quantitative estimate of drug-likeness (QED) is 0.754. The summed E-state index contributed by atoms with van der Waals surface area (Å²) >= 11 is 0. The van der Waals surface area contributed by atoms with Crippen LogP contribution in [0.4, 0.5) is 5.82 Å².